The highest BCUT2D eigenvalue weighted by molar-refractivity contribution is 7.13. The smallest absolute Gasteiger partial charge is 0.324 e. The van der Waals surface area contributed by atoms with Crippen molar-refractivity contribution >= 4 is 33.8 Å². The van der Waals surface area contributed by atoms with Crippen molar-refractivity contribution < 1.29 is 18.0 Å². The molecule has 0 radical (unpaired) electrons. The van der Waals surface area contributed by atoms with E-state index in [1.54, 1.807) is 10.9 Å². The van der Waals surface area contributed by atoms with Crippen LogP contribution in [0, 0.1) is 0 Å². The molecule has 0 bridgehead atoms. The molecule has 0 atom stereocenters. The van der Waals surface area contributed by atoms with Crippen LogP contribution < -0.4 is 10.9 Å². The van der Waals surface area contributed by atoms with Gasteiger partial charge in [0.05, 0.1) is 27.6 Å². The highest BCUT2D eigenvalue weighted by Crippen LogP contribution is 2.31. The van der Waals surface area contributed by atoms with Crippen LogP contribution in [0.4, 0.5) is 18.9 Å². The lowest BCUT2D eigenvalue weighted by Gasteiger charge is -2.20. The van der Waals surface area contributed by atoms with Crippen molar-refractivity contribution in [2.45, 2.75) is 39.0 Å². The van der Waals surface area contributed by atoms with Gasteiger partial charge in [-0.25, -0.2) is 4.68 Å². The van der Waals surface area contributed by atoms with Gasteiger partial charge in [0.1, 0.15) is 17.8 Å². The van der Waals surface area contributed by atoms with Crippen LogP contribution in [0.25, 0.3) is 21.5 Å². The second-order valence-electron chi connectivity index (χ2n) is 8.40. The van der Waals surface area contributed by atoms with E-state index >= 15 is 0 Å². The van der Waals surface area contributed by atoms with Crippen molar-refractivity contribution in [1.82, 2.24) is 19.6 Å². The first-order valence-corrected chi connectivity index (χ1v) is 10.8. The predicted molar refractivity (Wildman–Crippen MR) is 120 cm³/mol. The van der Waals surface area contributed by atoms with Gasteiger partial charge in [-0.2, -0.15) is 23.4 Å². The van der Waals surface area contributed by atoms with Crippen LogP contribution in [0.3, 0.4) is 0 Å². The van der Waals surface area contributed by atoms with E-state index in [4.69, 9.17) is 0 Å². The fraction of sp³-hybridized carbons (Fsp3) is 0.273. The first-order chi connectivity index (χ1) is 15.4. The first kappa shape index (κ1) is 22.7. The van der Waals surface area contributed by atoms with E-state index in [0.717, 1.165) is 21.7 Å². The van der Waals surface area contributed by atoms with Crippen molar-refractivity contribution in [2.75, 3.05) is 5.32 Å². The molecule has 1 aromatic carbocycles. The van der Waals surface area contributed by atoms with Crippen LogP contribution in [0.1, 0.15) is 26.3 Å². The zero-order valence-electron chi connectivity index (χ0n) is 18.0. The summed E-state index contributed by atoms with van der Waals surface area (Å²) in [4.78, 5) is 26.7. The fourth-order valence-electron chi connectivity index (χ4n) is 3.39. The maximum Gasteiger partial charge on any atom is 0.416 e. The Bertz CT molecular complexity index is 1380. The van der Waals surface area contributed by atoms with E-state index in [0.29, 0.717) is 16.6 Å². The number of anilines is 1. The Balaban J connectivity index is 1.74. The molecule has 0 fully saturated rings. The van der Waals surface area contributed by atoms with Gasteiger partial charge in [-0.15, -0.1) is 11.3 Å². The molecule has 0 saturated carbocycles. The molecule has 0 aliphatic rings. The van der Waals surface area contributed by atoms with Crippen LogP contribution in [0.15, 0.2) is 52.8 Å². The molecule has 33 heavy (non-hydrogen) atoms. The molecule has 0 aliphatic carbocycles. The third-order valence-corrected chi connectivity index (χ3v) is 5.72. The van der Waals surface area contributed by atoms with Gasteiger partial charge in [0, 0.05) is 5.69 Å². The number of amides is 1. The molecule has 0 unspecified atom stereocenters. The minimum absolute atomic E-state index is 0.0258. The summed E-state index contributed by atoms with van der Waals surface area (Å²) in [7, 11) is 0. The van der Waals surface area contributed by atoms with E-state index in [9.17, 15) is 22.8 Å². The predicted octanol–water partition coefficient (Wildman–Crippen LogP) is 4.73. The summed E-state index contributed by atoms with van der Waals surface area (Å²) in [5.41, 5.74) is -1.13. The van der Waals surface area contributed by atoms with E-state index in [1.165, 1.54) is 23.5 Å². The number of nitrogens with zero attached hydrogens (tertiary/aromatic N) is 4. The molecule has 11 heteroatoms. The van der Waals surface area contributed by atoms with Crippen molar-refractivity contribution in [3.05, 3.63) is 63.9 Å². The maximum absolute atomic E-state index is 13.3. The van der Waals surface area contributed by atoms with Crippen LogP contribution in [0.2, 0.25) is 0 Å². The minimum Gasteiger partial charge on any atom is -0.324 e. The van der Waals surface area contributed by atoms with Crippen LogP contribution >= 0.6 is 11.3 Å². The van der Waals surface area contributed by atoms with Gasteiger partial charge in [0.25, 0.3) is 5.56 Å². The quantitative estimate of drug-likeness (QED) is 0.463. The summed E-state index contributed by atoms with van der Waals surface area (Å²) in [5, 5.41) is 13.6. The number of hydrogen-bond acceptors (Lipinski definition) is 5. The van der Waals surface area contributed by atoms with Crippen LogP contribution in [-0.4, -0.2) is 25.5 Å². The molecular formula is C22H20F3N5O2S. The Morgan fingerprint density at radius 3 is 2.55 bits per heavy atom. The third kappa shape index (κ3) is 4.54. The summed E-state index contributed by atoms with van der Waals surface area (Å²) in [6.07, 6.45) is -2.96. The summed E-state index contributed by atoms with van der Waals surface area (Å²) in [6.45, 7) is 5.22. The van der Waals surface area contributed by atoms with Gasteiger partial charge in [0.15, 0.2) is 0 Å². The van der Waals surface area contributed by atoms with Gasteiger partial charge in [0.2, 0.25) is 5.91 Å². The summed E-state index contributed by atoms with van der Waals surface area (Å²) in [6, 6.07) is 7.99. The topological polar surface area (TPSA) is 81.8 Å². The number of benzene rings is 1. The molecular weight excluding hydrogens is 455 g/mol. The number of aromatic nitrogens is 4. The lowest BCUT2D eigenvalue weighted by Crippen LogP contribution is -2.33. The van der Waals surface area contributed by atoms with Gasteiger partial charge in [-0.05, 0) is 50.4 Å². The van der Waals surface area contributed by atoms with E-state index in [1.807, 2.05) is 38.3 Å². The van der Waals surface area contributed by atoms with Gasteiger partial charge in [-0.3, -0.25) is 14.3 Å². The highest BCUT2D eigenvalue weighted by Gasteiger charge is 2.30. The van der Waals surface area contributed by atoms with Crippen molar-refractivity contribution in [3.8, 4) is 10.6 Å². The van der Waals surface area contributed by atoms with Crippen molar-refractivity contribution in [2.24, 2.45) is 0 Å². The lowest BCUT2D eigenvalue weighted by molar-refractivity contribution is -0.137. The van der Waals surface area contributed by atoms with Crippen LogP contribution in [-0.2, 0) is 23.1 Å². The molecule has 172 valence electrons. The second-order valence-corrected chi connectivity index (χ2v) is 9.35. The number of nitrogens with one attached hydrogen (secondary N) is 1. The highest BCUT2D eigenvalue weighted by atomic mass is 32.1. The average Bonchev–Trinajstić information content (AvgIpc) is 3.39. The zero-order valence-corrected chi connectivity index (χ0v) is 18.8. The number of thiophene rings is 1. The normalized spacial score (nSPS) is 12.3. The Hall–Kier alpha value is -3.47. The summed E-state index contributed by atoms with van der Waals surface area (Å²) in [5.74, 6) is -0.678. The molecule has 0 spiro atoms. The molecule has 7 nitrogen and oxygen atoms in total. The number of rotatable bonds is 4. The molecule has 1 amide bonds. The second kappa shape index (κ2) is 8.14. The number of hydrogen-bond donors (Lipinski definition) is 1. The monoisotopic (exact) mass is 475 g/mol. The SMILES string of the molecule is CC(C)(C)n1ncc2c(-c3cccs3)nn(CC(=O)Nc3cccc(C(F)(F)F)c3)c(=O)c21. The average molecular weight is 475 g/mol. The van der Waals surface area contributed by atoms with Gasteiger partial charge < -0.3 is 5.32 Å². The van der Waals surface area contributed by atoms with E-state index < -0.39 is 35.3 Å². The lowest BCUT2D eigenvalue weighted by atomic mass is 10.1. The molecule has 1 N–H and O–H groups in total. The molecule has 4 rings (SSSR count). The number of carbonyl (C=O) groups excluding carboxylic acids is 1. The minimum atomic E-state index is -4.54. The van der Waals surface area contributed by atoms with E-state index in [2.05, 4.69) is 15.5 Å². The Labute approximate surface area is 190 Å². The van der Waals surface area contributed by atoms with Gasteiger partial charge >= 0.3 is 6.18 Å². The molecule has 0 saturated heterocycles. The number of halogens is 3. The fourth-order valence-corrected chi connectivity index (χ4v) is 4.11. The summed E-state index contributed by atoms with van der Waals surface area (Å²) < 4.78 is 41.5. The van der Waals surface area contributed by atoms with Crippen LogP contribution in [0.5, 0.6) is 0 Å². The first-order valence-electron chi connectivity index (χ1n) is 9.95. The number of carbonyl (C=O) groups is 1. The van der Waals surface area contributed by atoms with E-state index in [-0.39, 0.29) is 5.69 Å². The number of fused-ring (bicyclic) bond motifs is 1. The zero-order chi connectivity index (χ0) is 24.0. The molecule has 3 aromatic heterocycles. The summed E-state index contributed by atoms with van der Waals surface area (Å²) >= 11 is 1.43. The Morgan fingerprint density at radius 1 is 1.15 bits per heavy atom. The largest absolute Gasteiger partial charge is 0.416 e. The molecule has 4 aromatic rings. The Kier molecular flexibility index (Phi) is 5.61. The molecule has 0 aliphatic heterocycles. The standard InChI is InChI=1S/C22H20F3N5O2S/c1-21(2,3)30-19-15(11-26-30)18(16-8-5-9-33-16)28-29(20(19)32)12-17(31)27-14-7-4-6-13(10-14)22(23,24)25/h4-11H,12H2,1-3H3,(H,27,31). The van der Waals surface area contributed by atoms with Crippen molar-refractivity contribution in [1.29, 1.82) is 0 Å². The Morgan fingerprint density at radius 2 is 1.91 bits per heavy atom. The van der Waals surface area contributed by atoms with Gasteiger partial charge in [-0.1, -0.05) is 12.1 Å². The number of alkyl halides is 3. The molecule has 3 heterocycles. The third-order valence-electron chi connectivity index (χ3n) is 4.84. The van der Waals surface area contributed by atoms with Crippen molar-refractivity contribution in [3.63, 3.8) is 0 Å². The maximum atomic E-state index is 13.3.